The molecule has 5 aromatic rings. The summed E-state index contributed by atoms with van der Waals surface area (Å²) in [4.78, 5) is 0. The van der Waals surface area contributed by atoms with Crippen molar-refractivity contribution in [2.24, 2.45) is 0 Å². The molecule has 0 unspecified atom stereocenters. The zero-order chi connectivity index (χ0) is 16.3. The van der Waals surface area contributed by atoms with E-state index in [0.29, 0.717) is 0 Å². The van der Waals surface area contributed by atoms with E-state index in [1.807, 2.05) is 0 Å². The lowest BCUT2D eigenvalue weighted by atomic mass is 9.89. The van der Waals surface area contributed by atoms with Gasteiger partial charge in [-0.1, -0.05) is 76.6 Å². The van der Waals surface area contributed by atoms with Gasteiger partial charge in [-0.05, 0) is 68.1 Å². The van der Waals surface area contributed by atoms with Gasteiger partial charge < -0.3 is 0 Å². The minimum absolute atomic E-state index is 1.13. The zero-order valence-electron chi connectivity index (χ0n) is 13.3. The Hall–Kier alpha value is -2.38. The van der Waals surface area contributed by atoms with Crippen molar-refractivity contribution in [1.82, 2.24) is 0 Å². The van der Waals surface area contributed by atoms with Gasteiger partial charge in [0.1, 0.15) is 0 Å². The van der Waals surface area contributed by atoms with Crippen molar-refractivity contribution >= 4 is 48.2 Å². The smallest absolute Gasteiger partial charge is 0.0184 e. The lowest BCUT2D eigenvalue weighted by molar-refractivity contribution is 1.45. The first-order valence-electron chi connectivity index (χ1n) is 8.15. The monoisotopic (exact) mass is 370 g/mol. The highest BCUT2D eigenvalue weighted by atomic mass is 79.9. The molecule has 0 aromatic heterocycles. The number of hydrogen-bond donors (Lipinski definition) is 0. The van der Waals surface area contributed by atoms with Crippen LogP contribution in [0, 0.1) is 6.92 Å². The molecular formula is C23H15Br. The van der Waals surface area contributed by atoms with E-state index in [2.05, 4.69) is 95.7 Å². The molecular weight excluding hydrogens is 356 g/mol. The Bertz CT molecular complexity index is 1180. The van der Waals surface area contributed by atoms with Gasteiger partial charge in [-0.25, -0.2) is 0 Å². The molecule has 5 rings (SSSR count). The van der Waals surface area contributed by atoms with E-state index in [-0.39, 0.29) is 0 Å². The summed E-state index contributed by atoms with van der Waals surface area (Å²) in [5, 5.41) is 8.02. The molecule has 0 aliphatic rings. The average molecular weight is 371 g/mol. The van der Waals surface area contributed by atoms with E-state index in [1.54, 1.807) is 0 Å². The van der Waals surface area contributed by atoms with E-state index >= 15 is 0 Å². The molecule has 24 heavy (non-hydrogen) atoms. The second kappa shape index (κ2) is 5.06. The molecule has 0 bridgehead atoms. The fraction of sp³-hybridized carbons (Fsp3) is 0.0435. The third-order valence-electron chi connectivity index (χ3n) is 4.88. The summed E-state index contributed by atoms with van der Waals surface area (Å²) in [6.45, 7) is 2.14. The van der Waals surface area contributed by atoms with Crippen molar-refractivity contribution in [3.05, 3.63) is 82.8 Å². The summed E-state index contributed by atoms with van der Waals surface area (Å²) in [7, 11) is 0. The Balaban J connectivity index is 1.97. The fourth-order valence-corrected chi connectivity index (χ4v) is 4.49. The van der Waals surface area contributed by atoms with E-state index in [9.17, 15) is 0 Å². The van der Waals surface area contributed by atoms with E-state index < -0.39 is 0 Å². The summed E-state index contributed by atoms with van der Waals surface area (Å²) in [6, 6.07) is 26.7. The van der Waals surface area contributed by atoms with E-state index in [0.717, 1.165) is 4.47 Å². The molecule has 0 heterocycles. The van der Waals surface area contributed by atoms with Crippen LogP contribution in [0.5, 0.6) is 0 Å². The average Bonchev–Trinajstić information content (AvgIpc) is 2.58. The topological polar surface area (TPSA) is 0 Å². The molecule has 0 amide bonds. The number of rotatable bonds is 1. The van der Waals surface area contributed by atoms with Crippen molar-refractivity contribution in [2.45, 2.75) is 6.92 Å². The summed E-state index contributed by atoms with van der Waals surface area (Å²) in [6.07, 6.45) is 0. The van der Waals surface area contributed by atoms with Crippen LogP contribution < -0.4 is 0 Å². The first-order valence-corrected chi connectivity index (χ1v) is 8.94. The lowest BCUT2D eigenvalue weighted by Crippen LogP contribution is -1.87. The molecule has 0 nitrogen and oxygen atoms in total. The lowest BCUT2D eigenvalue weighted by Gasteiger charge is -2.14. The third kappa shape index (κ3) is 1.98. The highest BCUT2D eigenvalue weighted by Crippen LogP contribution is 2.39. The van der Waals surface area contributed by atoms with Gasteiger partial charge in [-0.2, -0.15) is 0 Å². The van der Waals surface area contributed by atoms with Crippen molar-refractivity contribution in [3.63, 3.8) is 0 Å². The summed E-state index contributed by atoms with van der Waals surface area (Å²) in [5.41, 5.74) is 3.83. The standard InChI is InChI=1S/C23H15Br/c1-14-11-18(13-19(24)12-14)20-9-7-17-6-5-15-3-2-4-16-8-10-21(20)23(17)22(15)16/h2-13H,1H3. The number of halogens is 1. The minimum atomic E-state index is 1.13. The Morgan fingerprint density at radius 2 is 1.33 bits per heavy atom. The van der Waals surface area contributed by atoms with Gasteiger partial charge in [-0.3, -0.25) is 0 Å². The van der Waals surface area contributed by atoms with Gasteiger partial charge in [0.15, 0.2) is 0 Å². The molecule has 5 aromatic carbocycles. The largest absolute Gasteiger partial charge is 0.0610 e. The first kappa shape index (κ1) is 14.0. The van der Waals surface area contributed by atoms with Gasteiger partial charge in [-0.15, -0.1) is 0 Å². The number of hydrogen-bond acceptors (Lipinski definition) is 0. The van der Waals surface area contributed by atoms with Gasteiger partial charge in [0.25, 0.3) is 0 Å². The van der Waals surface area contributed by atoms with Crippen molar-refractivity contribution < 1.29 is 0 Å². The van der Waals surface area contributed by atoms with Crippen molar-refractivity contribution in [1.29, 1.82) is 0 Å². The SMILES string of the molecule is Cc1cc(Br)cc(-c2ccc3ccc4cccc5ccc2c3c45)c1. The van der Waals surface area contributed by atoms with Gasteiger partial charge in [0, 0.05) is 4.47 Å². The normalized spacial score (nSPS) is 11.8. The Kier molecular flexibility index (Phi) is 2.95. The van der Waals surface area contributed by atoms with Crippen molar-refractivity contribution in [3.8, 4) is 11.1 Å². The molecule has 0 fully saturated rings. The van der Waals surface area contributed by atoms with E-state index in [4.69, 9.17) is 0 Å². The molecule has 0 N–H and O–H groups in total. The summed E-state index contributed by atoms with van der Waals surface area (Å²) < 4.78 is 1.13. The van der Waals surface area contributed by atoms with Gasteiger partial charge in [0.2, 0.25) is 0 Å². The van der Waals surface area contributed by atoms with E-state index in [1.165, 1.54) is 49.0 Å². The molecule has 0 saturated carbocycles. The van der Waals surface area contributed by atoms with Crippen LogP contribution in [-0.2, 0) is 0 Å². The molecule has 0 aliphatic carbocycles. The molecule has 0 aliphatic heterocycles. The molecule has 0 radical (unpaired) electrons. The van der Waals surface area contributed by atoms with Crippen LogP contribution in [0.15, 0.2) is 77.3 Å². The van der Waals surface area contributed by atoms with Crippen LogP contribution in [0.3, 0.4) is 0 Å². The minimum Gasteiger partial charge on any atom is -0.0610 e. The van der Waals surface area contributed by atoms with Gasteiger partial charge in [0.05, 0.1) is 0 Å². The summed E-state index contributed by atoms with van der Waals surface area (Å²) in [5.74, 6) is 0. The van der Waals surface area contributed by atoms with Crippen molar-refractivity contribution in [2.75, 3.05) is 0 Å². The quantitative estimate of drug-likeness (QED) is 0.271. The summed E-state index contributed by atoms with van der Waals surface area (Å²) >= 11 is 3.64. The highest BCUT2D eigenvalue weighted by Gasteiger charge is 2.12. The number of benzene rings is 5. The first-order chi connectivity index (χ1) is 11.7. The third-order valence-corrected chi connectivity index (χ3v) is 5.34. The van der Waals surface area contributed by atoms with Crippen LogP contribution in [0.4, 0.5) is 0 Å². The second-order valence-electron chi connectivity index (χ2n) is 6.49. The Morgan fingerprint density at radius 1 is 0.667 bits per heavy atom. The predicted molar refractivity (Wildman–Crippen MR) is 108 cm³/mol. The predicted octanol–water partition coefficient (Wildman–Crippen LogP) is 7.32. The highest BCUT2D eigenvalue weighted by molar-refractivity contribution is 9.10. The van der Waals surface area contributed by atoms with Gasteiger partial charge >= 0.3 is 0 Å². The Morgan fingerprint density at radius 3 is 2.08 bits per heavy atom. The van der Waals surface area contributed by atoms with Crippen LogP contribution in [0.1, 0.15) is 5.56 Å². The Labute approximate surface area is 149 Å². The molecule has 0 saturated heterocycles. The second-order valence-corrected chi connectivity index (χ2v) is 7.40. The van der Waals surface area contributed by atoms with Crippen LogP contribution in [-0.4, -0.2) is 0 Å². The van der Waals surface area contributed by atoms with Crippen LogP contribution >= 0.6 is 15.9 Å². The molecule has 114 valence electrons. The molecule has 0 atom stereocenters. The van der Waals surface area contributed by atoms with Crippen LogP contribution in [0.2, 0.25) is 0 Å². The van der Waals surface area contributed by atoms with Crippen LogP contribution in [0.25, 0.3) is 43.4 Å². The molecule has 1 heteroatoms. The maximum Gasteiger partial charge on any atom is 0.0184 e. The molecule has 0 spiro atoms. The number of aryl methyl sites for hydroxylation is 1. The maximum atomic E-state index is 3.64. The maximum absolute atomic E-state index is 3.64. The fourth-order valence-electron chi connectivity index (χ4n) is 3.88. The zero-order valence-corrected chi connectivity index (χ0v) is 14.9.